The molecular weight excluding hydrogens is 244 g/mol. The molecule has 1 rings (SSSR count). The number of hydrogen-bond acceptors (Lipinski definition) is 0. The molecule has 0 saturated carbocycles. The maximum atomic E-state index is 3.94. The average molecular weight is 275 g/mol. The molecular formula is C18H30Si. The molecule has 1 aromatic carbocycles. The molecule has 0 fully saturated rings. The fraction of sp³-hybridized carbons (Fsp3) is 0.556. The molecule has 0 saturated heterocycles. The lowest BCUT2D eigenvalue weighted by Crippen LogP contribution is -2.32. The van der Waals surface area contributed by atoms with Crippen molar-refractivity contribution in [3.63, 3.8) is 0 Å². The number of unbranched alkanes of at least 4 members (excludes halogenated alkanes) is 1. The zero-order chi connectivity index (χ0) is 14.1. The summed E-state index contributed by atoms with van der Waals surface area (Å²) in [5, 5.41) is 0. The molecule has 0 N–H and O–H groups in total. The van der Waals surface area contributed by atoms with E-state index in [4.69, 9.17) is 0 Å². The van der Waals surface area contributed by atoms with Crippen molar-refractivity contribution in [2.75, 3.05) is 0 Å². The summed E-state index contributed by atoms with van der Waals surface area (Å²) in [5.41, 5.74) is 1.52. The number of hydrogen-bond donors (Lipinski definition) is 0. The van der Waals surface area contributed by atoms with E-state index in [2.05, 4.69) is 63.0 Å². The van der Waals surface area contributed by atoms with Gasteiger partial charge in [0.15, 0.2) is 0 Å². The first-order chi connectivity index (χ1) is 9.07. The van der Waals surface area contributed by atoms with Gasteiger partial charge in [0, 0.05) is 0 Å². The number of rotatable bonds is 9. The summed E-state index contributed by atoms with van der Waals surface area (Å²) in [4.78, 5) is 0. The van der Waals surface area contributed by atoms with Gasteiger partial charge < -0.3 is 0 Å². The van der Waals surface area contributed by atoms with E-state index in [1.165, 1.54) is 43.3 Å². The Labute approximate surface area is 121 Å². The average Bonchev–Trinajstić information content (AvgIpc) is 2.36. The molecule has 0 aliphatic heterocycles. The highest BCUT2D eigenvalue weighted by molar-refractivity contribution is 6.76. The van der Waals surface area contributed by atoms with Crippen LogP contribution in [0.2, 0.25) is 19.1 Å². The van der Waals surface area contributed by atoms with E-state index in [0.29, 0.717) is 0 Å². The van der Waals surface area contributed by atoms with Gasteiger partial charge in [0.05, 0.1) is 8.07 Å². The molecule has 1 atom stereocenters. The Kier molecular flexibility index (Phi) is 7.15. The maximum Gasteiger partial charge on any atom is 0.0520 e. The quantitative estimate of drug-likeness (QED) is 0.391. The Morgan fingerprint density at radius 1 is 1.21 bits per heavy atom. The standard InChI is InChI=1S/C18H30Si/c1-5-7-12-17(11-6-2)15-19(3,4)16-18-13-9-8-10-14-18/h6,8-10,13-14,17H,2,5,7,11-12,15-16H2,1,3-4H3. The Balaban J connectivity index is 2.57. The van der Waals surface area contributed by atoms with Crippen LogP contribution in [0.1, 0.15) is 38.2 Å². The molecule has 0 spiro atoms. The Hall–Kier alpha value is -0.823. The van der Waals surface area contributed by atoms with Crippen LogP contribution in [0.5, 0.6) is 0 Å². The second kappa shape index (κ2) is 8.37. The molecule has 1 unspecified atom stereocenters. The van der Waals surface area contributed by atoms with Gasteiger partial charge >= 0.3 is 0 Å². The van der Waals surface area contributed by atoms with Crippen LogP contribution in [0, 0.1) is 5.92 Å². The summed E-state index contributed by atoms with van der Waals surface area (Å²) in [6.45, 7) is 11.3. The topological polar surface area (TPSA) is 0 Å². The van der Waals surface area contributed by atoms with E-state index in [1.54, 1.807) is 0 Å². The molecule has 0 amide bonds. The third-order valence-corrected chi connectivity index (χ3v) is 6.88. The Morgan fingerprint density at radius 3 is 2.47 bits per heavy atom. The molecule has 19 heavy (non-hydrogen) atoms. The second-order valence-electron chi connectivity index (χ2n) is 6.56. The summed E-state index contributed by atoms with van der Waals surface area (Å²) in [6.07, 6.45) is 7.38. The molecule has 106 valence electrons. The molecule has 0 aromatic heterocycles. The van der Waals surface area contributed by atoms with Crippen molar-refractivity contribution in [2.24, 2.45) is 5.92 Å². The molecule has 1 aromatic rings. The Bertz CT molecular complexity index is 353. The van der Waals surface area contributed by atoms with E-state index >= 15 is 0 Å². The molecule has 0 aliphatic carbocycles. The van der Waals surface area contributed by atoms with Gasteiger partial charge in [0.25, 0.3) is 0 Å². The van der Waals surface area contributed by atoms with E-state index in [0.717, 1.165) is 5.92 Å². The predicted molar refractivity (Wildman–Crippen MR) is 90.3 cm³/mol. The minimum atomic E-state index is -1.14. The molecule has 0 bridgehead atoms. The fourth-order valence-corrected chi connectivity index (χ4v) is 6.45. The number of benzene rings is 1. The summed E-state index contributed by atoms with van der Waals surface area (Å²) in [7, 11) is -1.14. The molecule has 0 heterocycles. The van der Waals surface area contributed by atoms with E-state index in [1.807, 2.05) is 0 Å². The van der Waals surface area contributed by atoms with Crippen LogP contribution in [0.4, 0.5) is 0 Å². The third kappa shape index (κ3) is 6.77. The Morgan fingerprint density at radius 2 is 1.89 bits per heavy atom. The van der Waals surface area contributed by atoms with Crippen molar-refractivity contribution in [3.8, 4) is 0 Å². The summed E-state index contributed by atoms with van der Waals surface area (Å²) in [6, 6.07) is 13.8. The first kappa shape index (κ1) is 16.2. The van der Waals surface area contributed by atoms with E-state index < -0.39 is 8.07 Å². The van der Waals surface area contributed by atoms with Crippen LogP contribution in [0.25, 0.3) is 0 Å². The highest BCUT2D eigenvalue weighted by atomic mass is 28.3. The van der Waals surface area contributed by atoms with Crippen LogP contribution in [0.3, 0.4) is 0 Å². The van der Waals surface area contributed by atoms with Crippen molar-refractivity contribution in [1.82, 2.24) is 0 Å². The first-order valence-corrected chi connectivity index (χ1v) is 11.1. The van der Waals surface area contributed by atoms with Crippen LogP contribution >= 0.6 is 0 Å². The summed E-state index contributed by atoms with van der Waals surface area (Å²) in [5.74, 6) is 0.864. The van der Waals surface area contributed by atoms with Crippen molar-refractivity contribution < 1.29 is 0 Å². The first-order valence-electron chi connectivity index (χ1n) is 7.72. The third-order valence-electron chi connectivity index (χ3n) is 3.83. The largest absolute Gasteiger partial charge is 0.103 e. The molecule has 0 aliphatic rings. The summed E-state index contributed by atoms with van der Waals surface area (Å²) < 4.78 is 0. The van der Waals surface area contributed by atoms with Gasteiger partial charge in [-0.3, -0.25) is 0 Å². The minimum Gasteiger partial charge on any atom is -0.103 e. The number of allylic oxidation sites excluding steroid dienone is 1. The van der Waals surface area contributed by atoms with E-state index in [-0.39, 0.29) is 0 Å². The van der Waals surface area contributed by atoms with Crippen LogP contribution in [-0.4, -0.2) is 8.07 Å². The SMILES string of the molecule is C=CCC(CCCC)C[Si](C)(C)Cc1ccccc1. The minimum absolute atomic E-state index is 0.864. The van der Waals surface area contributed by atoms with Gasteiger partial charge in [0.2, 0.25) is 0 Å². The van der Waals surface area contributed by atoms with Crippen LogP contribution in [0.15, 0.2) is 43.0 Å². The molecule has 1 heteroatoms. The molecule has 0 radical (unpaired) electrons. The highest BCUT2D eigenvalue weighted by Gasteiger charge is 2.25. The van der Waals surface area contributed by atoms with Crippen LogP contribution in [-0.2, 0) is 6.04 Å². The van der Waals surface area contributed by atoms with Gasteiger partial charge in [-0.25, -0.2) is 0 Å². The lowest BCUT2D eigenvalue weighted by atomic mass is 10.0. The second-order valence-corrected chi connectivity index (χ2v) is 11.7. The monoisotopic (exact) mass is 274 g/mol. The summed E-state index contributed by atoms with van der Waals surface area (Å²) >= 11 is 0. The fourth-order valence-electron chi connectivity index (χ4n) is 3.03. The van der Waals surface area contributed by atoms with Crippen molar-refractivity contribution >= 4 is 8.07 Å². The molecule has 0 nitrogen and oxygen atoms in total. The normalized spacial score (nSPS) is 13.2. The van der Waals surface area contributed by atoms with Crippen molar-refractivity contribution in [3.05, 3.63) is 48.6 Å². The van der Waals surface area contributed by atoms with Gasteiger partial charge in [-0.1, -0.05) is 87.3 Å². The van der Waals surface area contributed by atoms with Gasteiger partial charge in [-0.2, -0.15) is 0 Å². The van der Waals surface area contributed by atoms with Gasteiger partial charge in [-0.15, -0.1) is 6.58 Å². The zero-order valence-electron chi connectivity index (χ0n) is 13.0. The smallest absolute Gasteiger partial charge is 0.0520 e. The lowest BCUT2D eigenvalue weighted by Gasteiger charge is -2.28. The maximum absolute atomic E-state index is 3.94. The van der Waals surface area contributed by atoms with Crippen LogP contribution < -0.4 is 0 Å². The zero-order valence-corrected chi connectivity index (χ0v) is 14.0. The predicted octanol–water partition coefficient (Wildman–Crippen LogP) is 5.86. The van der Waals surface area contributed by atoms with Gasteiger partial charge in [-0.05, 0) is 18.4 Å². The highest BCUT2D eigenvalue weighted by Crippen LogP contribution is 2.27. The lowest BCUT2D eigenvalue weighted by molar-refractivity contribution is 0.505. The van der Waals surface area contributed by atoms with Gasteiger partial charge in [0.1, 0.15) is 0 Å². The van der Waals surface area contributed by atoms with Crippen molar-refractivity contribution in [1.29, 1.82) is 0 Å². The van der Waals surface area contributed by atoms with E-state index in [9.17, 15) is 0 Å². The van der Waals surface area contributed by atoms with Crippen molar-refractivity contribution in [2.45, 2.75) is 57.8 Å².